The Kier molecular flexibility index (Phi) is 7.69. The quantitative estimate of drug-likeness (QED) is 0.682. The Hall–Kier alpha value is -1.94. The van der Waals surface area contributed by atoms with Crippen LogP contribution in [-0.4, -0.2) is 25.3 Å². The minimum atomic E-state index is 0.116. The second-order valence-corrected chi connectivity index (χ2v) is 6.76. The predicted octanol–water partition coefficient (Wildman–Crippen LogP) is 4.49. The van der Waals surface area contributed by atoms with Gasteiger partial charge in [-0.05, 0) is 36.2 Å². The van der Waals surface area contributed by atoms with E-state index in [2.05, 4.69) is 24.4 Å². The van der Waals surface area contributed by atoms with Crippen molar-refractivity contribution >= 4 is 17.7 Å². The summed E-state index contributed by atoms with van der Waals surface area (Å²) in [7, 11) is 1.66. The van der Waals surface area contributed by atoms with Crippen LogP contribution in [0.5, 0.6) is 5.75 Å². The highest BCUT2D eigenvalue weighted by molar-refractivity contribution is 7.99. The highest BCUT2D eigenvalue weighted by Crippen LogP contribution is 2.22. The lowest BCUT2D eigenvalue weighted by Crippen LogP contribution is -2.28. The summed E-state index contributed by atoms with van der Waals surface area (Å²) < 4.78 is 5.14. The van der Waals surface area contributed by atoms with Crippen LogP contribution in [0.25, 0.3) is 0 Å². The van der Waals surface area contributed by atoms with E-state index in [0.29, 0.717) is 18.9 Å². The van der Waals surface area contributed by atoms with Crippen LogP contribution in [0.15, 0.2) is 59.5 Å². The van der Waals surface area contributed by atoms with Gasteiger partial charge in [-0.2, -0.15) is 0 Å². The minimum Gasteiger partial charge on any atom is -0.497 e. The summed E-state index contributed by atoms with van der Waals surface area (Å²) in [6.45, 7) is 2.86. The van der Waals surface area contributed by atoms with Gasteiger partial charge >= 0.3 is 0 Å². The van der Waals surface area contributed by atoms with Crippen molar-refractivity contribution in [3.8, 4) is 5.75 Å². The van der Waals surface area contributed by atoms with Crippen LogP contribution in [-0.2, 0) is 4.79 Å². The second-order valence-electron chi connectivity index (χ2n) is 5.59. The normalized spacial score (nSPS) is 11.8. The molecule has 0 aromatic heterocycles. The van der Waals surface area contributed by atoms with Gasteiger partial charge in [0, 0.05) is 29.5 Å². The summed E-state index contributed by atoms with van der Waals surface area (Å²) in [6.07, 6.45) is 1.55. The molecule has 0 heterocycles. The van der Waals surface area contributed by atoms with Crippen LogP contribution in [0.2, 0.25) is 0 Å². The zero-order chi connectivity index (χ0) is 17.2. The van der Waals surface area contributed by atoms with Gasteiger partial charge in [-0.25, -0.2) is 0 Å². The summed E-state index contributed by atoms with van der Waals surface area (Å²) in [5.74, 6) is 2.12. The first-order chi connectivity index (χ1) is 11.7. The standard InChI is InChI=1S/C20H25NO2S/c1-3-16(17-7-5-4-6-8-17)15-21-20(22)13-14-24-19-11-9-18(23-2)10-12-19/h4-12,16H,3,13-15H2,1-2H3,(H,21,22). The van der Waals surface area contributed by atoms with Gasteiger partial charge in [0.25, 0.3) is 0 Å². The first-order valence-electron chi connectivity index (χ1n) is 8.31. The summed E-state index contributed by atoms with van der Waals surface area (Å²) in [5, 5.41) is 3.06. The smallest absolute Gasteiger partial charge is 0.220 e. The number of methoxy groups -OCH3 is 1. The molecule has 24 heavy (non-hydrogen) atoms. The molecule has 2 aromatic carbocycles. The lowest BCUT2D eigenvalue weighted by molar-refractivity contribution is -0.120. The molecule has 1 N–H and O–H groups in total. The third-order valence-corrected chi connectivity index (χ3v) is 4.98. The summed E-state index contributed by atoms with van der Waals surface area (Å²) >= 11 is 1.69. The molecular weight excluding hydrogens is 318 g/mol. The average molecular weight is 343 g/mol. The summed E-state index contributed by atoms with van der Waals surface area (Å²) in [4.78, 5) is 13.2. The third kappa shape index (κ3) is 5.93. The Morgan fingerprint density at radius 2 is 1.83 bits per heavy atom. The first-order valence-corrected chi connectivity index (χ1v) is 9.30. The van der Waals surface area contributed by atoms with Gasteiger partial charge in [0.2, 0.25) is 5.91 Å². The van der Waals surface area contributed by atoms with Gasteiger partial charge in [-0.3, -0.25) is 4.79 Å². The monoisotopic (exact) mass is 343 g/mol. The van der Waals surface area contributed by atoms with E-state index in [0.717, 1.165) is 22.8 Å². The maximum absolute atomic E-state index is 12.0. The Bertz CT molecular complexity index is 613. The molecule has 1 amide bonds. The largest absolute Gasteiger partial charge is 0.497 e. The minimum absolute atomic E-state index is 0.116. The molecule has 3 nitrogen and oxygen atoms in total. The van der Waals surface area contributed by atoms with Crippen LogP contribution in [0.1, 0.15) is 31.2 Å². The van der Waals surface area contributed by atoms with Crippen LogP contribution in [0.3, 0.4) is 0 Å². The molecule has 0 spiro atoms. The van der Waals surface area contributed by atoms with Gasteiger partial charge in [0.1, 0.15) is 5.75 Å². The second kappa shape index (κ2) is 10.0. The summed E-state index contributed by atoms with van der Waals surface area (Å²) in [5.41, 5.74) is 1.29. The molecular formula is C20H25NO2S. The molecule has 0 fully saturated rings. The van der Waals surface area contributed by atoms with Gasteiger partial charge < -0.3 is 10.1 Å². The first kappa shape index (κ1) is 18.4. The maximum atomic E-state index is 12.0. The number of benzene rings is 2. The van der Waals surface area contributed by atoms with Crippen molar-refractivity contribution < 1.29 is 9.53 Å². The average Bonchev–Trinajstić information content (AvgIpc) is 2.64. The number of rotatable bonds is 9. The van der Waals surface area contributed by atoms with E-state index < -0.39 is 0 Å². The van der Waals surface area contributed by atoms with Crippen molar-refractivity contribution in [2.45, 2.75) is 30.6 Å². The number of carbonyl (C=O) groups excluding carboxylic acids is 1. The number of nitrogens with one attached hydrogen (secondary N) is 1. The lowest BCUT2D eigenvalue weighted by atomic mass is 9.96. The third-order valence-electron chi connectivity index (χ3n) is 3.97. The molecule has 2 aromatic rings. The zero-order valence-electron chi connectivity index (χ0n) is 14.3. The number of hydrogen-bond acceptors (Lipinski definition) is 3. The van der Waals surface area contributed by atoms with Gasteiger partial charge in [-0.15, -0.1) is 11.8 Å². The molecule has 1 unspecified atom stereocenters. The van der Waals surface area contributed by atoms with Crippen molar-refractivity contribution in [1.82, 2.24) is 5.32 Å². The lowest BCUT2D eigenvalue weighted by Gasteiger charge is -2.16. The molecule has 0 bridgehead atoms. The highest BCUT2D eigenvalue weighted by atomic mass is 32.2. The Morgan fingerprint density at radius 3 is 2.46 bits per heavy atom. The Balaban J connectivity index is 1.70. The SMILES string of the molecule is CCC(CNC(=O)CCSc1ccc(OC)cc1)c1ccccc1. The molecule has 0 saturated carbocycles. The van der Waals surface area contributed by atoms with Gasteiger partial charge in [-0.1, -0.05) is 37.3 Å². The predicted molar refractivity (Wildman–Crippen MR) is 101 cm³/mol. The van der Waals surface area contributed by atoms with E-state index >= 15 is 0 Å². The van der Waals surface area contributed by atoms with Gasteiger partial charge in [0.05, 0.1) is 7.11 Å². The van der Waals surface area contributed by atoms with E-state index in [1.54, 1.807) is 18.9 Å². The van der Waals surface area contributed by atoms with Crippen LogP contribution < -0.4 is 10.1 Å². The Labute approximate surface area is 148 Å². The van der Waals surface area contributed by atoms with Crippen molar-refractivity contribution in [1.29, 1.82) is 0 Å². The van der Waals surface area contributed by atoms with E-state index in [-0.39, 0.29) is 5.91 Å². The molecule has 0 aliphatic carbocycles. The van der Waals surface area contributed by atoms with Crippen LogP contribution in [0.4, 0.5) is 0 Å². The number of hydrogen-bond donors (Lipinski definition) is 1. The maximum Gasteiger partial charge on any atom is 0.220 e. The Morgan fingerprint density at radius 1 is 1.12 bits per heavy atom. The number of carbonyl (C=O) groups is 1. The van der Waals surface area contributed by atoms with Crippen molar-refractivity contribution in [2.24, 2.45) is 0 Å². The number of thioether (sulfide) groups is 1. The molecule has 1 atom stereocenters. The molecule has 2 rings (SSSR count). The van der Waals surface area contributed by atoms with Crippen LogP contribution >= 0.6 is 11.8 Å². The molecule has 0 aliphatic heterocycles. The van der Waals surface area contributed by atoms with E-state index in [9.17, 15) is 4.79 Å². The van der Waals surface area contributed by atoms with E-state index in [4.69, 9.17) is 4.74 Å². The van der Waals surface area contributed by atoms with Crippen molar-refractivity contribution in [3.05, 3.63) is 60.2 Å². The summed E-state index contributed by atoms with van der Waals surface area (Å²) in [6, 6.07) is 18.3. The van der Waals surface area contributed by atoms with Crippen LogP contribution in [0, 0.1) is 0 Å². The highest BCUT2D eigenvalue weighted by Gasteiger charge is 2.10. The fraction of sp³-hybridized carbons (Fsp3) is 0.350. The molecule has 0 aliphatic rings. The molecule has 4 heteroatoms. The number of ether oxygens (including phenoxy) is 1. The molecule has 128 valence electrons. The van der Waals surface area contributed by atoms with Gasteiger partial charge in [0.15, 0.2) is 0 Å². The van der Waals surface area contributed by atoms with E-state index in [1.165, 1.54) is 5.56 Å². The molecule has 0 radical (unpaired) electrons. The topological polar surface area (TPSA) is 38.3 Å². The zero-order valence-corrected chi connectivity index (χ0v) is 15.1. The van der Waals surface area contributed by atoms with Crippen molar-refractivity contribution in [3.63, 3.8) is 0 Å². The molecule has 0 saturated heterocycles. The fourth-order valence-corrected chi connectivity index (χ4v) is 3.33. The number of amides is 1. The fourth-order valence-electron chi connectivity index (χ4n) is 2.48. The van der Waals surface area contributed by atoms with E-state index in [1.807, 2.05) is 42.5 Å². The van der Waals surface area contributed by atoms with Crippen molar-refractivity contribution in [2.75, 3.05) is 19.4 Å².